The number of ether oxygens (including phenoxy) is 1. The third kappa shape index (κ3) is 3.21. The van der Waals surface area contributed by atoms with Crippen LogP contribution in [0.4, 0.5) is 8.78 Å². The van der Waals surface area contributed by atoms with Crippen molar-refractivity contribution < 1.29 is 13.5 Å². The van der Waals surface area contributed by atoms with Gasteiger partial charge in [0.1, 0.15) is 11.6 Å². The first kappa shape index (κ1) is 14.0. The molecule has 0 aliphatic carbocycles. The number of hydrogen-bond donors (Lipinski definition) is 2. The van der Waals surface area contributed by atoms with Crippen molar-refractivity contribution in [2.45, 2.75) is 32.4 Å². The van der Waals surface area contributed by atoms with Gasteiger partial charge < -0.3 is 4.74 Å². The van der Waals surface area contributed by atoms with Gasteiger partial charge in [0.15, 0.2) is 0 Å². The Bertz CT molecular complexity index is 383. The lowest BCUT2D eigenvalue weighted by atomic mass is 9.91. The minimum atomic E-state index is -0.738. The summed E-state index contributed by atoms with van der Waals surface area (Å²) in [7, 11) is 0. The first-order valence-corrected chi connectivity index (χ1v) is 5.47. The van der Waals surface area contributed by atoms with E-state index in [2.05, 4.69) is 5.43 Å². The molecule has 0 aromatic heterocycles. The maximum Gasteiger partial charge on any atom is 0.128 e. The molecule has 0 aliphatic heterocycles. The summed E-state index contributed by atoms with van der Waals surface area (Å²) < 4.78 is 32.3. The summed E-state index contributed by atoms with van der Waals surface area (Å²) in [5.41, 5.74) is 1.90. The van der Waals surface area contributed by atoms with Crippen LogP contribution < -0.4 is 11.3 Å². The second kappa shape index (κ2) is 5.53. The summed E-state index contributed by atoms with van der Waals surface area (Å²) in [6.07, 6.45) is 0. The number of rotatable bonds is 5. The average Bonchev–Trinajstić information content (AvgIpc) is 2.23. The third-order valence-corrected chi connectivity index (χ3v) is 2.65. The van der Waals surface area contributed by atoms with E-state index in [1.165, 1.54) is 0 Å². The normalized spacial score (nSPS) is 13.8. The van der Waals surface area contributed by atoms with Gasteiger partial charge in [-0.15, -0.1) is 0 Å². The van der Waals surface area contributed by atoms with Gasteiger partial charge in [-0.3, -0.25) is 5.84 Å². The molecule has 1 unspecified atom stereocenters. The number of nitrogens with two attached hydrogens (primary N) is 1. The van der Waals surface area contributed by atoms with Crippen LogP contribution in [-0.4, -0.2) is 12.2 Å². The van der Waals surface area contributed by atoms with Gasteiger partial charge >= 0.3 is 0 Å². The second-order valence-corrected chi connectivity index (χ2v) is 4.30. The largest absolute Gasteiger partial charge is 0.374 e. The molecule has 0 bridgehead atoms. The zero-order valence-electron chi connectivity index (χ0n) is 10.3. The van der Waals surface area contributed by atoms with Crippen molar-refractivity contribution in [3.05, 3.63) is 35.4 Å². The Morgan fingerprint density at radius 3 is 2.59 bits per heavy atom. The summed E-state index contributed by atoms with van der Waals surface area (Å²) in [6, 6.07) is 2.65. The fourth-order valence-electron chi connectivity index (χ4n) is 1.86. The molecule has 5 heteroatoms. The highest BCUT2D eigenvalue weighted by Crippen LogP contribution is 2.30. The van der Waals surface area contributed by atoms with Gasteiger partial charge in [-0.1, -0.05) is 0 Å². The second-order valence-electron chi connectivity index (χ2n) is 4.30. The number of halogens is 2. The van der Waals surface area contributed by atoms with Crippen LogP contribution in [0.1, 0.15) is 32.4 Å². The van der Waals surface area contributed by atoms with E-state index in [9.17, 15) is 8.78 Å². The smallest absolute Gasteiger partial charge is 0.128 e. The van der Waals surface area contributed by atoms with Crippen molar-refractivity contribution in [3.8, 4) is 0 Å². The van der Waals surface area contributed by atoms with E-state index in [0.29, 0.717) is 6.61 Å². The SMILES string of the molecule is CCOC(C)(C)C(NN)c1cc(F)ccc1F. The zero-order chi connectivity index (χ0) is 13.1. The van der Waals surface area contributed by atoms with Crippen molar-refractivity contribution in [1.29, 1.82) is 0 Å². The van der Waals surface area contributed by atoms with Crippen LogP contribution in [0.5, 0.6) is 0 Å². The lowest BCUT2D eigenvalue weighted by Crippen LogP contribution is -2.45. The molecule has 1 aromatic rings. The predicted octanol–water partition coefficient (Wildman–Crippen LogP) is 2.28. The molecular weight excluding hydrogens is 226 g/mol. The number of benzene rings is 1. The first-order chi connectivity index (χ1) is 7.92. The van der Waals surface area contributed by atoms with E-state index >= 15 is 0 Å². The van der Waals surface area contributed by atoms with Crippen molar-refractivity contribution >= 4 is 0 Å². The highest BCUT2D eigenvalue weighted by Gasteiger charge is 2.32. The van der Waals surface area contributed by atoms with E-state index in [1.807, 2.05) is 6.92 Å². The van der Waals surface area contributed by atoms with Crippen molar-refractivity contribution in [2.24, 2.45) is 5.84 Å². The minimum Gasteiger partial charge on any atom is -0.374 e. The molecule has 17 heavy (non-hydrogen) atoms. The van der Waals surface area contributed by atoms with Crippen molar-refractivity contribution in [1.82, 2.24) is 5.43 Å². The van der Waals surface area contributed by atoms with Gasteiger partial charge in [0.05, 0.1) is 11.6 Å². The summed E-state index contributed by atoms with van der Waals surface area (Å²) in [5.74, 6) is 4.40. The molecule has 0 saturated heterocycles. The minimum absolute atomic E-state index is 0.158. The zero-order valence-corrected chi connectivity index (χ0v) is 10.3. The molecule has 0 aliphatic rings. The lowest BCUT2D eigenvalue weighted by molar-refractivity contribution is -0.0401. The van der Waals surface area contributed by atoms with Crippen LogP contribution in [0.25, 0.3) is 0 Å². The van der Waals surface area contributed by atoms with Crippen LogP contribution in [0.2, 0.25) is 0 Å². The molecule has 0 spiro atoms. The van der Waals surface area contributed by atoms with E-state index in [4.69, 9.17) is 10.6 Å². The number of hydrazine groups is 1. The monoisotopic (exact) mass is 244 g/mol. The van der Waals surface area contributed by atoms with Crippen molar-refractivity contribution in [3.63, 3.8) is 0 Å². The van der Waals surface area contributed by atoms with Gasteiger partial charge in [-0.2, -0.15) is 0 Å². The fourth-order valence-corrected chi connectivity index (χ4v) is 1.86. The standard InChI is InChI=1S/C12H18F2N2O/c1-4-17-12(2,3)11(16-15)9-7-8(13)5-6-10(9)14/h5-7,11,16H,4,15H2,1-3H3. The van der Waals surface area contributed by atoms with Gasteiger partial charge in [0.25, 0.3) is 0 Å². The Labute approximate surface area is 99.9 Å². The molecule has 0 radical (unpaired) electrons. The first-order valence-electron chi connectivity index (χ1n) is 5.47. The lowest BCUT2D eigenvalue weighted by Gasteiger charge is -2.34. The molecule has 0 amide bonds. The number of nitrogens with one attached hydrogen (secondary N) is 1. The highest BCUT2D eigenvalue weighted by molar-refractivity contribution is 5.24. The molecule has 0 saturated carbocycles. The Morgan fingerprint density at radius 1 is 1.41 bits per heavy atom. The molecule has 1 rings (SSSR count). The third-order valence-electron chi connectivity index (χ3n) is 2.65. The molecular formula is C12H18F2N2O. The summed E-state index contributed by atoms with van der Waals surface area (Å²) in [4.78, 5) is 0. The number of hydrogen-bond acceptors (Lipinski definition) is 3. The Morgan fingerprint density at radius 2 is 2.06 bits per heavy atom. The quantitative estimate of drug-likeness (QED) is 0.617. The van der Waals surface area contributed by atoms with Crippen molar-refractivity contribution in [2.75, 3.05) is 6.61 Å². The van der Waals surface area contributed by atoms with Gasteiger partial charge in [0, 0.05) is 12.2 Å². The maximum absolute atomic E-state index is 13.7. The Hall–Kier alpha value is -1.04. The Balaban J connectivity index is 3.13. The van der Waals surface area contributed by atoms with Crippen LogP contribution in [0.15, 0.2) is 18.2 Å². The van der Waals surface area contributed by atoms with Crippen LogP contribution in [0, 0.1) is 11.6 Å². The van der Waals surface area contributed by atoms with Gasteiger partial charge in [0.2, 0.25) is 0 Å². The molecule has 96 valence electrons. The van der Waals surface area contributed by atoms with Crippen LogP contribution in [-0.2, 0) is 4.74 Å². The van der Waals surface area contributed by atoms with E-state index in [0.717, 1.165) is 18.2 Å². The molecule has 0 fully saturated rings. The topological polar surface area (TPSA) is 47.3 Å². The van der Waals surface area contributed by atoms with Gasteiger partial charge in [-0.25, -0.2) is 14.2 Å². The summed E-state index contributed by atoms with van der Waals surface area (Å²) in [6.45, 7) is 5.83. The molecule has 3 N–H and O–H groups in total. The van der Waals surface area contributed by atoms with E-state index < -0.39 is 23.3 Å². The Kier molecular flexibility index (Phi) is 4.56. The average molecular weight is 244 g/mol. The maximum atomic E-state index is 13.7. The summed E-state index contributed by atoms with van der Waals surface area (Å²) in [5, 5.41) is 0. The molecule has 3 nitrogen and oxygen atoms in total. The van der Waals surface area contributed by atoms with E-state index in [1.54, 1.807) is 13.8 Å². The van der Waals surface area contributed by atoms with Gasteiger partial charge in [-0.05, 0) is 39.0 Å². The highest BCUT2D eigenvalue weighted by atomic mass is 19.1. The predicted molar refractivity (Wildman–Crippen MR) is 62.1 cm³/mol. The molecule has 1 atom stereocenters. The molecule has 0 heterocycles. The van der Waals surface area contributed by atoms with E-state index in [-0.39, 0.29) is 5.56 Å². The summed E-state index contributed by atoms with van der Waals surface area (Å²) >= 11 is 0. The molecule has 1 aromatic carbocycles. The van der Waals surface area contributed by atoms with Crippen LogP contribution in [0.3, 0.4) is 0 Å². The fraction of sp³-hybridized carbons (Fsp3) is 0.500. The van der Waals surface area contributed by atoms with Crippen LogP contribution >= 0.6 is 0 Å².